The molecule has 2 rings (SSSR count). The second kappa shape index (κ2) is 7.51. The molecule has 0 radical (unpaired) electrons. The van der Waals surface area contributed by atoms with E-state index in [0.717, 1.165) is 6.42 Å². The van der Waals surface area contributed by atoms with Crippen molar-refractivity contribution in [3.05, 3.63) is 23.5 Å². The average Bonchev–Trinajstić information content (AvgIpc) is 2.48. The second-order valence-corrected chi connectivity index (χ2v) is 7.33. The topological polar surface area (TPSA) is 85.5 Å². The second-order valence-electron chi connectivity index (χ2n) is 4.96. The fourth-order valence-electron chi connectivity index (χ4n) is 2.25. The first kappa shape index (κ1) is 16.6. The Kier molecular flexibility index (Phi) is 5.95. The van der Waals surface area contributed by atoms with E-state index in [-0.39, 0.29) is 11.0 Å². The van der Waals surface area contributed by atoms with Gasteiger partial charge in [0.15, 0.2) is 0 Å². The lowest BCUT2D eigenvalue weighted by atomic mass is 10.1. The Morgan fingerprint density at radius 2 is 2.10 bits per heavy atom. The molecule has 0 amide bonds. The van der Waals surface area contributed by atoms with Gasteiger partial charge in [-0.05, 0) is 31.9 Å². The van der Waals surface area contributed by atoms with Crippen LogP contribution in [0.15, 0.2) is 23.4 Å². The summed E-state index contributed by atoms with van der Waals surface area (Å²) < 4.78 is 32.1. The lowest BCUT2D eigenvalue weighted by Gasteiger charge is -2.31. The van der Waals surface area contributed by atoms with Crippen molar-refractivity contribution in [3.8, 4) is 0 Å². The zero-order chi connectivity index (χ0) is 15.3. The summed E-state index contributed by atoms with van der Waals surface area (Å²) in [7, 11) is -3.52. The van der Waals surface area contributed by atoms with Gasteiger partial charge in [0.2, 0.25) is 10.0 Å². The number of ether oxygens (including phenoxy) is 1. The summed E-state index contributed by atoms with van der Waals surface area (Å²) >= 11 is 5.81. The highest BCUT2D eigenvalue weighted by atomic mass is 35.5. The van der Waals surface area contributed by atoms with Gasteiger partial charge in [0.25, 0.3) is 0 Å². The summed E-state index contributed by atoms with van der Waals surface area (Å²) in [5.41, 5.74) is 5.42. The largest absolute Gasteiger partial charge is 0.378 e. The van der Waals surface area contributed by atoms with Crippen molar-refractivity contribution in [2.75, 3.05) is 26.2 Å². The fourth-order valence-corrected chi connectivity index (χ4v) is 3.95. The molecule has 8 heteroatoms. The number of sulfonamides is 1. The summed E-state index contributed by atoms with van der Waals surface area (Å²) in [6.07, 6.45) is 5.06. The number of nitrogens with two attached hydrogens (primary N) is 1. The molecule has 2 N–H and O–H groups in total. The van der Waals surface area contributed by atoms with Crippen LogP contribution in [-0.2, 0) is 14.8 Å². The Balaban J connectivity index is 1.95. The van der Waals surface area contributed by atoms with Crippen LogP contribution in [0.5, 0.6) is 0 Å². The van der Waals surface area contributed by atoms with Crippen LogP contribution in [-0.4, -0.2) is 50.1 Å². The fraction of sp³-hybridized carbons (Fsp3) is 0.615. The van der Waals surface area contributed by atoms with Crippen LogP contribution in [0.3, 0.4) is 0 Å². The van der Waals surface area contributed by atoms with Crippen molar-refractivity contribution in [3.63, 3.8) is 0 Å². The molecule has 0 spiro atoms. The van der Waals surface area contributed by atoms with Crippen LogP contribution in [0.25, 0.3) is 0 Å². The maximum absolute atomic E-state index is 12.5. The zero-order valence-corrected chi connectivity index (χ0v) is 13.3. The van der Waals surface area contributed by atoms with E-state index in [0.29, 0.717) is 44.1 Å². The molecule has 0 unspecified atom stereocenters. The van der Waals surface area contributed by atoms with Gasteiger partial charge in [-0.3, -0.25) is 4.98 Å². The molecule has 1 aromatic heterocycles. The van der Waals surface area contributed by atoms with Crippen molar-refractivity contribution in [1.29, 1.82) is 0 Å². The van der Waals surface area contributed by atoms with Crippen molar-refractivity contribution in [2.45, 2.75) is 30.3 Å². The van der Waals surface area contributed by atoms with Gasteiger partial charge >= 0.3 is 0 Å². The van der Waals surface area contributed by atoms with Crippen molar-refractivity contribution >= 4 is 21.6 Å². The summed E-state index contributed by atoms with van der Waals surface area (Å²) in [5, 5.41) is 0.316. The van der Waals surface area contributed by atoms with Gasteiger partial charge in [-0.15, -0.1) is 0 Å². The average molecular weight is 334 g/mol. The molecule has 1 saturated heterocycles. The van der Waals surface area contributed by atoms with Gasteiger partial charge in [0.1, 0.15) is 4.90 Å². The molecular weight excluding hydrogens is 314 g/mol. The first-order valence-corrected chi connectivity index (χ1v) is 8.78. The van der Waals surface area contributed by atoms with E-state index in [4.69, 9.17) is 22.1 Å². The molecular formula is C13H20ClN3O3S. The zero-order valence-electron chi connectivity index (χ0n) is 11.7. The number of nitrogens with zero attached hydrogens (tertiary/aromatic N) is 2. The molecule has 118 valence electrons. The molecule has 6 nitrogen and oxygen atoms in total. The highest BCUT2D eigenvalue weighted by Gasteiger charge is 2.30. The monoisotopic (exact) mass is 333 g/mol. The summed E-state index contributed by atoms with van der Waals surface area (Å²) in [6, 6.07) is 1.42. The van der Waals surface area contributed by atoms with E-state index < -0.39 is 10.0 Å². The number of halogens is 1. The predicted molar refractivity (Wildman–Crippen MR) is 80.7 cm³/mol. The van der Waals surface area contributed by atoms with Gasteiger partial charge in [-0.25, -0.2) is 8.42 Å². The normalized spacial score (nSPS) is 18.0. The van der Waals surface area contributed by atoms with Gasteiger partial charge in [-0.2, -0.15) is 4.31 Å². The number of hydrogen-bond donors (Lipinski definition) is 1. The lowest BCUT2D eigenvalue weighted by Crippen LogP contribution is -2.41. The summed E-state index contributed by atoms with van der Waals surface area (Å²) in [6.45, 7) is 2.13. The minimum absolute atomic E-state index is 0.112. The van der Waals surface area contributed by atoms with Gasteiger partial charge in [-0.1, -0.05) is 11.6 Å². The maximum atomic E-state index is 12.5. The van der Waals surface area contributed by atoms with Crippen LogP contribution in [0, 0.1) is 0 Å². The Morgan fingerprint density at radius 3 is 2.71 bits per heavy atom. The van der Waals surface area contributed by atoms with Crippen LogP contribution in [0.4, 0.5) is 0 Å². The SMILES string of the molecule is NCCCOC1CCN(S(=O)(=O)c2cncc(Cl)c2)CC1. The highest BCUT2D eigenvalue weighted by molar-refractivity contribution is 7.89. The van der Waals surface area contributed by atoms with E-state index in [1.807, 2.05) is 0 Å². The molecule has 1 aromatic rings. The van der Waals surface area contributed by atoms with Crippen molar-refractivity contribution in [1.82, 2.24) is 9.29 Å². The number of pyridine rings is 1. The molecule has 2 heterocycles. The Morgan fingerprint density at radius 1 is 1.38 bits per heavy atom. The molecule has 21 heavy (non-hydrogen) atoms. The van der Waals surface area contributed by atoms with E-state index >= 15 is 0 Å². The quantitative estimate of drug-likeness (QED) is 0.792. The summed E-state index contributed by atoms with van der Waals surface area (Å²) in [4.78, 5) is 3.97. The lowest BCUT2D eigenvalue weighted by molar-refractivity contribution is 0.0209. The van der Waals surface area contributed by atoms with Crippen LogP contribution >= 0.6 is 11.6 Å². The van der Waals surface area contributed by atoms with E-state index in [9.17, 15) is 8.42 Å². The molecule has 0 aliphatic carbocycles. The van der Waals surface area contributed by atoms with Gasteiger partial charge in [0.05, 0.1) is 11.1 Å². The van der Waals surface area contributed by atoms with E-state index in [1.54, 1.807) is 0 Å². The van der Waals surface area contributed by atoms with Crippen LogP contribution in [0.1, 0.15) is 19.3 Å². The van der Waals surface area contributed by atoms with Crippen molar-refractivity contribution in [2.24, 2.45) is 5.73 Å². The molecule has 1 aliphatic heterocycles. The summed E-state index contributed by atoms with van der Waals surface area (Å²) in [5.74, 6) is 0. The Bertz CT molecular complexity index is 560. The van der Waals surface area contributed by atoms with E-state index in [2.05, 4.69) is 4.98 Å². The number of piperidine rings is 1. The molecule has 0 atom stereocenters. The molecule has 0 saturated carbocycles. The first-order chi connectivity index (χ1) is 10.0. The Labute approximate surface area is 130 Å². The predicted octanol–water partition coefficient (Wildman–Crippen LogP) is 1.25. The minimum atomic E-state index is -3.52. The van der Waals surface area contributed by atoms with Crippen LogP contribution < -0.4 is 5.73 Å². The van der Waals surface area contributed by atoms with Crippen molar-refractivity contribution < 1.29 is 13.2 Å². The number of aromatic nitrogens is 1. The van der Waals surface area contributed by atoms with Crippen LogP contribution in [0.2, 0.25) is 5.02 Å². The first-order valence-electron chi connectivity index (χ1n) is 6.96. The molecule has 1 fully saturated rings. The maximum Gasteiger partial charge on any atom is 0.244 e. The third-order valence-electron chi connectivity index (χ3n) is 3.42. The molecule has 0 aromatic carbocycles. The number of rotatable bonds is 6. The Hall–Kier alpha value is -0.730. The third kappa shape index (κ3) is 4.37. The molecule has 0 bridgehead atoms. The van der Waals surface area contributed by atoms with Gasteiger partial charge in [0, 0.05) is 32.1 Å². The third-order valence-corrected chi connectivity index (χ3v) is 5.49. The minimum Gasteiger partial charge on any atom is -0.378 e. The number of hydrogen-bond acceptors (Lipinski definition) is 5. The smallest absolute Gasteiger partial charge is 0.244 e. The van der Waals surface area contributed by atoms with E-state index in [1.165, 1.54) is 22.8 Å². The standard InChI is InChI=1S/C13H20ClN3O3S/c14-11-8-13(10-16-9-11)21(18,19)17-5-2-12(3-6-17)20-7-1-4-15/h8-10,12H,1-7,15H2. The van der Waals surface area contributed by atoms with Gasteiger partial charge < -0.3 is 10.5 Å². The molecule has 1 aliphatic rings. The highest BCUT2D eigenvalue weighted by Crippen LogP contribution is 2.23.